The van der Waals surface area contributed by atoms with Crippen molar-refractivity contribution in [3.05, 3.63) is 11.1 Å². The van der Waals surface area contributed by atoms with Crippen LogP contribution >= 0.6 is 0 Å². The van der Waals surface area contributed by atoms with Crippen molar-refractivity contribution in [2.24, 2.45) is 40.9 Å². The first-order valence-electron chi connectivity index (χ1n) is 14.2. The Bertz CT molecular complexity index is 798. The highest BCUT2D eigenvalue weighted by Crippen LogP contribution is 2.62. The highest BCUT2D eigenvalue weighted by Gasteiger charge is 2.56. The molecule has 0 aromatic heterocycles. The third-order valence-corrected chi connectivity index (χ3v) is 10.2. The summed E-state index contributed by atoms with van der Waals surface area (Å²) in [5.74, 6) is 3.66. The summed E-state index contributed by atoms with van der Waals surface area (Å²) in [6.45, 7) is 12.7. The van der Waals surface area contributed by atoms with Gasteiger partial charge in [0.1, 0.15) is 12.2 Å². The van der Waals surface area contributed by atoms with Gasteiger partial charge in [-0.2, -0.15) is 0 Å². The standard InChI is InChI=1S/C30H48O4/c1-18(2)8-7-9-19(3)24-10-11-26-25(24)12-13-27-29(26)28(34-21(5)32)17-22-16-23(33-20(4)31)14-15-30(22,27)6/h18-19,22-25,27-28H,7-17H2,1-6H3. The van der Waals surface area contributed by atoms with Crippen molar-refractivity contribution in [2.75, 3.05) is 0 Å². The van der Waals surface area contributed by atoms with Crippen LogP contribution in [-0.4, -0.2) is 24.1 Å². The molecule has 4 aliphatic carbocycles. The van der Waals surface area contributed by atoms with E-state index in [0.717, 1.165) is 43.4 Å². The second-order valence-electron chi connectivity index (χ2n) is 12.8. The lowest BCUT2D eigenvalue weighted by molar-refractivity contribution is -0.157. The van der Waals surface area contributed by atoms with Gasteiger partial charge in [0.25, 0.3) is 0 Å². The van der Waals surface area contributed by atoms with Crippen LogP contribution in [0.3, 0.4) is 0 Å². The third kappa shape index (κ3) is 5.12. The van der Waals surface area contributed by atoms with Crippen LogP contribution in [0.2, 0.25) is 0 Å². The highest BCUT2D eigenvalue weighted by molar-refractivity contribution is 5.67. The van der Waals surface area contributed by atoms with Gasteiger partial charge in [-0.1, -0.05) is 52.5 Å². The van der Waals surface area contributed by atoms with E-state index in [2.05, 4.69) is 27.7 Å². The first kappa shape index (κ1) is 25.8. The lowest BCUT2D eigenvalue weighted by Gasteiger charge is -2.57. The molecule has 4 aliphatic rings. The predicted octanol–water partition coefficient (Wildman–Crippen LogP) is 7.26. The molecule has 4 heteroatoms. The fourth-order valence-corrected chi connectivity index (χ4v) is 8.54. The minimum Gasteiger partial charge on any atom is -0.463 e. The number of hydrogen-bond acceptors (Lipinski definition) is 4. The zero-order valence-electron chi connectivity index (χ0n) is 22.5. The number of esters is 2. The van der Waals surface area contributed by atoms with Crippen molar-refractivity contribution >= 4 is 11.9 Å². The molecule has 0 amide bonds. The molecule has 0 bridgehead atoms. The Kier molecular flexibility index (Phi) is 7.84. The van der Waals surface area contributed by atoms with Crippen molar-refractivity contribution in [2.45, 2.75) is 124 Å². The normalized spacial score (nSPS) is 38.1. The van der Waals surface area contributed by atoms with Crippen LogP contribution < -0.4 is 0 Å². The van der Waals surface area contributed by atoms with Gasteiger partial charge in [-0.3, -0.25) is 9.59 Å². The van der Waals surface area contributed by atoms with Crippen molar-refractivity contribution in [1.29, 1.82) is 0 Å². The lowest BCUT2D eigenvalue weighted by atomic mass is 9.49. The molecular formula is C30H48O4. The van der Waals surface area contributed by atoms with Gasteiger partial charge in [0, 0.05) is 13.8 Å². The van der Waals surface area contributed by atoms with Crippen molar-refractivity contribution in [3.63, 3.8) is 0 Å². The van der Waals surface area contributed by atoms with E-state index in [1.54, 1.807) is 12.5 Å². The van der Waals surface area contributed by atoms with Gasteiger partial charge in [0.2, 0.25) is 0 Å². The molecule has 0 spiro atoms. The van der Waals surface area contributed by atoms with Gasteiger partial charge >= 0.3 is 11.9 Å². The number of allylic oxidation sites excluding steroid dienone is 1. The molecule has 3 saturated carbocycles. The molecule has 8 unspecified atom stereocenters. The Morgan fingerprint density at radius 3 is 2.38 bits per heavy atom. The number of hydrogen-bond donors (Lipinski definition) is 0. The van der Waals surface area contributed by atoms with Crippen LogP contribution in [-0.2, 0) is 19.1 Å². The number of carbonyl (C=O) groups is 2. The molecule has 0 aromatic carbocycles. The summed E-state index contributed by atoms with van der Waals surface area (Å²) in [4.78, 5) is 23.8. The second-order valence-corrected chi connectivity index (χ2v) is 12.8. The van der Waals surface area contributed by atoms with E-state index in [-0.39, 0.29) is 29.6 Å². The van der Waals surface area contributed by atoms with Gasteiger partial charge in [-0.05, 0) is 97.9 Å². The maximum Gasteiger partial charge on any atom is 0.303 e. The zero-order valence-corrected chi connectivity index (χ0v) is 22.5. The average molecular weight is 473 g/mol. The summed E-state index contributed by atoms with van der Waals surface area (Å²) in [7, 11) is 0. The SMILES string of the molecule is CC(=O)OC1CCC2(C)C(C1)CC(OC(C)=O)C1=C3CCC(C(C)CCCC(C)C)C3CCC12. The second kappa shape index (κ2) is 10.3. The maximum absolute atomic E-state index is 12.2. The lowest BCUT2D eigenvalue weighted by Crippen LogP contribution is -2.52. The average Bonchev–Trinajstić information content (AvgIpc) is 3.18. The molecule has 192 valence electrons. The zero-order chi connectivity index (χ0) is 24.6. The van der Waals surface area contributed by atoms with E-state index in [9.17, 15) is 9.59 Å². The summed E-state index contributed by atoms with van der Waals surface area (Å²) in [6, 6.07) is 0. The molecule has 4 rings (SSSR count). The van der Waals surface area contributed by atoms with Crippen LogP contribution in [0.5, 0.6) is 0 Å². The Morgan fingerprint density at radius 2 is 1.71 bits per heavy atom. The van der Waals surface area contributed by atoms with Crippen LogP contribution in [0.1, 0.15) is 112 Å². The monoisotopic (exact) mass is 472 g/mol. The molecule has 0 radical (unpaired) electrons. The van der Waals surface area contributed by atoms with Crippen LogP contribution in [0.4, 0.5) is 0 Å². The Morgan fingerprint density at radius 1 is 0.971 bits per heavy atom. The van der Waals surface area contributed by atoms with Gasteiger partial charge in [0.15, 0.2) is 0 Å². The fraction of sp³-hybridized carbons (Fsp3) is 0.867. The highest BCUT2D eigenvalue weighted by atomic mass is 16.5. The van der Waals surface area contributed by atoms with Gasteiger partial charge in [-0.25, -0.2) is 0 Å². The molecule has 4 nitrogen and oxygen atoms in total. The van der Waals surface area contributed by atoms with E-state index >= 15 is 0 Å². The molecular weight excluding hydrogens is 424 g/mol. The number of rotatable bonds is 7. The molecule has 34 heavy (non-hydrogen) atoms. The summed E-state index contributed by atoms with van der Waals surface area (Å²) < 4.78 is 11.7. The van der Waals surface area contributed by atoms with Crippen molar-refractivity contribution in [3.8, 4) is 0 Å². The van der Waals surface area contributed by atoms with E-state index in [1.807, 2.05) is 0 Å². The van der Waals surface area contributed by atoms with Crippen LogP contribution in [0.25, 0.3) is 0 Å². The molecule has 0 heterocycles. The fourth-order valence-electron chi connectivity index (χ4n) is 8.54. The summed E-state index contributed by atoms with van der Waals surface area (Å²) in [5, 5.41) is 0. The minimum atomic E-state index is -0.177. The molecule has 8 atom stereocenters. The molecule has 0 N–H and O–H groups in total. The predicted molar refractivity (Wildman–Crippen MR) is 135 cm³/mol. The molecule has 3 fully saturated rings. The summed E-state index contributed by atoms with van der Waals surface area (Å²) >= 11 is 0. The first-order chi connectivity index (χ1) is 16.1. The van der Waals surface area contributed by atoms with Crippen molar-refractivity contribution < 1.29 is 19.1 Å². The van der Waals surface area contributed by atoms with Gasteiger partial charge < -0.3 is 9.47 Å². The summed E-state index contributed by atoms with van der Waals surface area (Å²) in [5.41, 5.74) is 3.42. The smallest absolute Gasteiger partial charge is 0.303 e. The minimum absolute atomic E-state index is 0.0154. The molecule has 0 aliphatic heterocycles. The number of carbonyl (C=O) groups excluding carboxylic acids is 2. The molecule has 0 saturated heterocycles. The summed E-state index contributed by atoms with van der Waals surface area (Å²) in [6.07, 6.45) is 12.8. The van der Waals surface area contributed by atoms with E-state index in [1.165, 1.54) is 57.4 Å². The van der Waals surface area contributed by atoms with Gasteiger partial charge in [0.05, 0.1) is 0 Å². The molecule has 0 aromatic rings. The van der Waals surface area contributed by atoms with Crippen molar-refractivity contribution in [1.82, 2.24) is 0 Å². The van der Waals surface area contributed by atoms with E-state index < -0.39 is 0 Å². The third-order valence-electron chi connectivity index (χ3n) is 10.2. The van der Waals surface area contributed by atoms with Crippen LogP contribution in [0.15, 0.2) is 11.1 Å². The van der Waals surface area contributed by atoms with Gasteiger partial charge in [-0.15, -0.1) is 0 Å². The Labute approximate surface area is 207 Å². The quantitative estimate of drug-likeness (QED) is 0.289. The van der Waals surface area contributed by atoms with Crippen LogP contribution in [0, 0.1) is 40.9 Å². The Hall–Kier alpha value is -1.32. The maximum atomic E-state index is 12.2. The number of fused-ring (bicyclic) bond motifs is 4. The number of ether oxygens (including phenoxy) is 2. The Balaban J connectivity index is 1.58. The topological polar surface area (TPSA) is 52.6 Å². The largest absolute Gasteiger partial charge is 0.463 e. The van der Waals surface area contributed by atoms with E-state index in [0.29, 0.717) is 17.8 Å². The first-order valence-corrected chi connectivity index (χ1v) is 14.2. The van der Waals surface area contributed by atoms with E-state index in [4.69, 9.17) is 9.47 Å².